The number of rotatable bonds is 19. The highest BCUT2D eigenvalue weighted by atomic mass is 32.2. The first-order valence-electron chi connectivity index (χ1n) is 15.2. The van der Waals surface area contributed by atoms with Crippen LogP contribution in [-0.2, 0) is 39.8 Å². The molecule has 0 radical (unpaired) electrons. The maximum absolute atomic E-state index is 12.6. The molecule has 5 atom stereocenters. The highest BCUT2D eigenvalue weighted by Crippen LogP contribution is 2.28. The molecule has 250 valence electrons. The zero-order valence-corrected chi connectivity index (χ0v) is 26.2. The van der Waals surface area contributed by atoms with Crippen LogP contribution in [0.2, 0.25) is 0 Å². The highest BCUT2D eigenvalue weighted by Gasteiger charge is 2.45. The van der Waals surface area contributed by atoms with Gasteiger partial charge in [-0.1, -0.05) is 75.8 Å². The minimum absolute atomic E-state index is 0.184. The van der Waals surface area contributed by atoms with E-state index in [1.54, 1.807) is 0 Å². The van der Waals surface area contributed by atoms with Gasteiger partial charge < -0.3 is 25.0 Å². The van der Waals surface area contributed by atoms with Crippen LogP contribution < -0.4 is 16.6 Å². The number of carbonyl (C=O) groups excluding carboxylic acids is 2. The van der Waals surface area contributed by atoms with Gasteiger partial charge in [-0.2, -0.15) is 8.42 Å². The van der Waals surface area contributed by atoms with Crippen molar-refractivity contribution in [2.45, 2.75) is 95.3 Å². The predicted molar refractivity (Wildman–Crippen MR) is 163 cm³/mol. The number of ether oxygens (including phenoxy) is 2. The van der Waals surface area contributed by atoms with E-state index in [0.717, 1.165) is 48.1 Å². The Balaban J connectivity index is 1.48. The van der Waals surface area contributed by atoms with Crippen LogP contribution in [0.5, 0.6) is 0 Å². The molecular formula is C30H43N3O11S. The van der Waals surface area contributed by atoms with E-state index < -0.39 is 70.3 Å². The van der Waals surface area contributed by atoms with Gasteiger partial charge in [0.1, 0.15) is 24.9 Å². The maximum atomic E-state index is 12.6. The number of nitrogens with one attached hydrogen (secondary N) is 2. The molecule has 1 aliphatic heterocycles. The second kappa shape index (κ2) is 17.9. The Kier molecular flexibility index (Phi) is 14.4. The summed E-state index contributed by atoms with van der Waals surface area (Å²) in [6, 6.07) is 9.68. The average molecular weight is 654 g/mol. The van der Waals surface area contributed by atoms with Crippen molar-refractivity contribution < 1.29 is 41.9 Å². The molecule has 0 bridgehead atoms. The van der Waals surface area contributed by atoms with Crippen molar-refractivity contribution in [3.05, 3.63) is 69.0 Å². The average Bonchev–Trinajstić information content (AvgIpc) is 3.27. The Morgan fingerprint density at radius 2 is 1.71 bits per heavy atom. The summed E-state index contributed by atoms with van der Waals surface area (Å²) in [5.41, 5.74) is -0.694. The van der Waals surface area contributed by atoms with Crippen LogP contribution in [0.4, 0.5) is 0 Å². The summed E-state index contributed by atoms with van der Waals surface area (Å²) >= 11 is 0. The number of aromatic amines is 1. The monoisotopic (exact) mass is 653 g/mol. The third-order valence-electron chi connectivity index (χ3n) is 7.31. The summed E-state index contributed by atoms with van der Waals surface area (Å²) in [6.07, 6.45) is 3.13. The van der Waals surface area contributed by atoms with Crippen LogP contribution in [0.1, 0.15) is 70.1 Å². The lowest BCUT2D eigenvalue weighted by atomic mass is 10.1. The zero-order chi connectivity index (χ0) is 32.8. The van der Waals surface area contributed by atoms with Gasteiger partial charge in [-0.3, -0.25) is 28.1 Å². The predicted octanol–water partition coefficient (Wildman–Crippen LogP) is 0.914. The number of hydrogen-bond acceptors (Lipinski definition) is 11. The number of esters is 1. The van der Waals surface area contributed by atoms with E-state index in [9.17, 15) is 37.8 Å². The maximum Gasteiger partial charge on any atom is 0.330 e. The number of aliphatic hydroxyl groups is 2. The summed E-state index contributed by atoms with van der Waals surface area (Å²) in [6.45, 7) is 1.12. The number of hydrogen-bond donors (Lipinski definition) is 4. The molecule has 4 N–H and O–H groups in total. The third-order valence-corrected chi connectivity index (χ3v) is 8.40. The fourth-order valence-electron chi connectivity index (χ4n) is 4.91. The van der Waals surface area contributed by atoms with Crippen molar-refractivity contribution in [2.75, 3.05) is 19.0 Å². The van der Waals surface area contributed by atoms with Gasteiger partial charge in [-0.25, -0.2) is 4.79 Å². The Morgan fingerprint density at radius 3 is 2.40 bits per heavy atom. The van der Waals surface area contributed by atoms with Gasteiger partial charge in [-0.15, -0.1) is 0 Å². The van der Waals surface area contributed by atoms with Crippen LogP contribution in [0.25, 0.3) is 0 Å². The van der Waals surface area contributed by atoms with Crippen LogP contribution >= 0.6 is 0 Å². The lowest BCUT2D eigenvalue weighted by molar-refractivity contribution is -0.142. The summed E-state index contributed by atoms with van der Waals surface area (Å²) in [4.78, 5) is 50.4. The first-order valence-corrected chi connectivity index (χ1v) is 16.8. The van der Waals surface area contributed by atoms with Crippen molar-refractivity contribution in [3.8, 4) is 0 Å². The molecule has 3 rings (SSSR count). The van der Waals surface area contributed by atoms with Crippen LogP contribution in [0, 0.1) is 0 Å². The lowest BCUT2D eigenvalue weighted by Crippen LogP contribution is -2.41. The second-order valence-corrected chi connectivity index (χ2v) is 12.7. The number of benzene rings is 1. The quantitative estimate of drug-likeness (QED) is 0.0953. The molecule has 1 fully saturated rings. The number of unbranched alkanes of at least 4 members (excludes halogenated alkanes) is 6. The van der Waals surface area contributed by atoms with E-state index in [-0.39, 0.29) is 12.5 Å². The second-order valence-electron chi connectivity index (χ2n) is 11.1. The molecule has 2 aromatic rings. The molecule has 1 saturated heterocycles. The summed E-state index contributed by atoms with van der Waals surface area (Å²) in [5, 5.41) is 23.5. The highest BCUT2D eigenvalue weighted by molar-refractivity contribution is 7.87. The molecular weight excluding hydrogens is 610 g/mol. The smallest absolute Gasteiger partial charge is 0.330 e. The van der Waals surface area contributed by atoms with E-state index >= 15 is 0 Å². The van der Waals surface area contributed by atoms with Crippen LogP contribution in [0.3, 0.4) is 0 Å². The standard InChI is InChI=1S/C30H43N3O11S/c1-2-3-4-5-6-7-11-14-24(34)31-22(17-21-12-9-8-10-13-21)18-42-26(36)20-45(40,41)43-19-23-27(37)28(38)29(44-23)33-16-15-25(35)32-30(33)39/h8-10,12-13,15-16,22-23,27-29,37-38H,2-7,11,14,17-20H2,1H3,(H,31,34)(H,32,35,39)/t22?,23-,27?,28?,29-/m1/s1. The summed E-state index contributed by atoms with van der Waals surface area (Å²) < 4.78 is 41.3. The molecule has 1 aromatic heterocycles. The number of aromatic nitrogens is 2. The molecule has 3 unspecified atom stereocenters. The van der Waals surface area contributed by atoms with Crippen molar-refractivity contribution >= 4 is 22.0 Å². The minimum Gasteiger partial charge on any atom is -0.463 e. The Hall–Kier alpha value is -3.37. The van der Waals surface area contributed by atoms with Gasteiger partial charge >= 0.3 is 11.7 Å². The summed E-state index contributed by atoms with van der Waals surface area (Å²) in [5.74, 6) is -2.44. The van der Waals surface area contributed by atoms with Crippen molar-refractivity contribution in [1.82, 2.24) is 14.9 Å². The van der Waals surface area contributed by atoms with E-state index in [4.69, 9.17) is 13.7 Å². The fraction of sp³-hybridized carbons (Fsp3) is 0.600. The fourth-order valence-corrected chi connectivity index (χ4v) is 5.71. The molecule has 1 aliphatic rings. The van der Waals surface area contributed by atoms with E-state index in [0.29, 0.717) is 12.8 Å². The topological polar surface area (TPSA) is 203 Å². The van der Waals surface area contributed by atoms with Gasteiger partial charge in [0.2, 0.25) is 5.91 Å². The van der Waals surface area contributed by atoms with Crippen molar-refractivity contribution in [1.29, 1.82) is 0 Å². The molecule has 1 aromatic carbocycles. The molecule has 14 nitrogen and oxygen atoms in total. The minimum atomic E-state index is -4.51. The van der Waals surface area contributed by atoms with Gasteiger partial charge in [0.05, 0.1) is 12.6 Å². The number of nitrogens with zero attached hydrogens (tertiary/aromatic N) is 1. The first kappa shape index (κ1) is 36.1. The van der Waals surface area contributed by atoms with Crippen LogP contribution in [0.15, 0.2) is 52.2 Å². The third kappa shape index (κ3) is 12.2. The molecule has 1 amide bonds. The Morgan fingerprint density at radius 1 is 1.02 bits per heavy atom. The lowest BCUT2D eigenvalue weighted by Gasteiger charge is -2.19. The largest absolute Gasteiger partial charge is 0.463 e. The van der Waals surface area contributed by atoms with Gasteiger partial charge in [0, 0.05) is 18.7 Å². The number of amides is 1. The molecule has 15 heteroatoms. The van der Waals surface area contributed by atoms with E-state index in [2.05, 4.69) is 12.2 Å². The zero-order valence-electron chi connectivity index (χ0n) is 25.3. The van der Waals surface area contributed by atoms with Crippen molar-refractivity contribution in [3.63, 3.8) is 0 Å². The number of carbonyl (C=O) groups is 2. The van der Waals surface area contributed by atoms with Gasteiger partial charge in [0.15, 0.2) is 12.0 Å². The van der Waals surface area contributed by atoms with Gasteiger partial charge in [0.25, 0.3) is 15.7 Å². The SMILES string of the molecule is CCCCCCCCCC(=O)NC(COC(=O)CS(=O)(=O)OC[C@H]1O[C@@H](n2ccc(=O)[nH]c2=O)C(O)C1O)Cc1ccccc1. The Bertz CT molecular complexity index is 1440. The number of aliphatic hydroxyl groups excluding tert-OH is 2. The van der Waals surface area contributed by atoms with E-state index in [1.807, 2.05) is 35.3 Å². The molecule has 45 heavy (non-hydrogen) atoms. The molecule has 0 saturated carbocycles. The molecule has 2 heterocycles. The number of H-pyrrole nitrogens is 1. The normalized spacial score (nSPS) is 20.5. The van der Waals surface area contributed by atoms with Gasteiger partial charge in [-0.05, 0) is 18.4 Å². The molecule has 0 spiro atoms. The first-order chi connectivity index (χ1) is 21.5. The van der Waals surface area contributed by atoms with Crippen LogP contribution in [-0.4, -0.2) is 83.4 Å². The molecule has 0 aliphatic carbocycles. The van der Waals surface area contributed by atoms with E-state index in [1.165, 1.54) is 19.3 Å². The summed E-state index contributed by atoms with van der Waals surface area (Å²) in [7, 11) is -4.51. The Labute approximate surface area is 261 Å². The van der Waals surface area contributed by atoms with Crippen molar-refractivity contribution in [2.24, 2.45) is 0 Å².